The zero-order valence-electron chi connectivity index (χ0n) is 21.4. The second-order valence-electron chi connectivity index (χ2n) is 11.3. The van der Waals surface area contributed by atoms with Gasteiger partial charge in [0.05, 0.1) is 17.6 Å². The van der Waals surface area contributed by atoms with Crippen LogP contribution in [0.1, 0.15) is 55.1 Å². The van der Waals surface area contributed by atoms with Gasteiger partial charge in [0.2, 0.25) is 5.91 Å². The van der Waals surface area contributed by atoms with E-state index in [9.17, 15) is 9.90 Å². The van der Waals surface area contributed by atoms with Crippen LogP contribution in [0.15, 0.2) is 35.2 Å². The largest absolute Gasteiger partial charge is 0.392 e. The molecule has 1 amide bonds. The van der Waals surface area contributed by atoms with E-state index in [0.717, 1.165) is 51.2 Å². The average Bonchev–Trinajstić information content (AvgIpc) is 3.25. The number of aromatic nitrogens is 1. The lowest BCUT2D eigenvalue weighted by atomic mass is 9.53. The first-order valence-corrected chi connectivity index (χ1v) is 14.9. The van der Waals surface area contributed by atoms with Gasteiger partial charge in [0, 0.05) is 47.8 Å². The van der Waals surface area contributed by atoms with Gasteiger partial charge in [0.1, 0.15) is 5.01 Å². The van der Waals surface area contributed by atoms with Crippen LogP contribution in [0, 0.1) is 23.2 Å². The summed E-state index contributed by atoms with van der Waals surface area (Å²) in [6.07, 6.45) is 2.52. The molecule has 2 heterocycles. The minimum Gasteiger partial charge on any atom is -0.392 e. The van der Waals surface area contributed by atoms with Crippen LogP contribution in [0.4, 0.5) is 0 Å². The monoisotopic (exact) mass is 513 g/mol. The average molecular weight is 514 g/mol. The summed E-state index contributed by atoms with van der Waals surface area (Å²) in [4.78, 5) is 25.4. The number of amides is 1. The van der Waals surface area contributed by atoms with Crippen molar-refractivity contribution >= 4 is 29.0 Å². The Balaban J connectivity index is 1.30. The molecule has 190 valence electrons. The Morgan fingerprint density at radius 2 is 1.97 bits per heavy atom. The lowest BCUT2D eigenvalue weighted by Gasteiger charge is -2.53. The number of benzene rings is 1. The standard InChI is InChI=1S/C28H39N3O2S2/c1-18(27(33)31-14-12-30(4)13-15-31)21-10-11-28(3)16-22-25(19(2)24(28)26(21)32)29-23(35-22)17-34-20-8-6-5-7-9-20/h5-9,18-19,21,24,26,32H,10-17H2,1-4H3/t18-,19+,21+,24+,26-,28+/m0/s1. The van der Waals surface area contributed by atoms with Gasteiger partial charge in [-0.05, 0) is 55.7 Å². The third-order valence-corrected chi connectivity index (χ3v) is 11.2. The molecule has 5 rings (SSSR count). The molecule has 0 radical (unpaired) electrons. The molecule has 0 spiro atoms. The predicted octanol–water partition coefficient (Wildman–Crippen LogP) is 4.90. The lowest BCUT2D eigenvalue weighted by molar-refractivity contribution is -0.146. The number of rotatable bonds is 5. The molecule has 7 heteroatoms. The molecule has 1 saturated heterocycles. The number of nitrogens with zero attached hydrogens (tertiary/aromatic N) is 3. The van der Waals surface area contributed by atoms with Crippen molar-refractivity contribution in [2.24, 2.45) is 23.2 Å². The highest BCUT2D eigenvalue weighted by Gasteiger charge is 2.54. The Labute approximate surface area is 218 Å². The topological polar surface area (TPSA) is 56.7 Å². The van der Waals surface area contributed by atoms with E-state index in [4.69, 9.17) is 4.98 Å². The number of fused-ring (bicyclic) bond motifs is 2. The third kappa shape index (κ3) is 4.94. The fraction of sp³-hybridized carbons (Fsp3) is 0.643. The Morgan fingerprint density at radius 1 is 1.26 bits per heavy atom. The van der Waals surface area contributed by atoms with Gasteiger partial charge in [-0.2, -0.15) is 0 Å². The zero-order valence-corrected chi connectivity index (χ0v) is 23.1. The fourth-order valence-corrected chi connectivity index (χ4v) is 9.10. The minimum absolute atomic E-state index is 0.0240. The molecule has 1 aliphatic heterocycles. The van der Waals surface area contributed by atoms with Crippen molar-refractivity contribution in [1.29, 1.82) is 0 Å². The molecular weight excluding hydrogens is 474 g/mol. The van der Waals surface area contributed by atoms with Gasteiger partial charge in [-0.15, -0.1) is 23.1 Å². The molecule has 0 unspecified atom stereocenters. The van der Waals surface area contributed by atoms with Crippen molar-refractivity contribution in [2.45, 2.75) is 62.7 Å². The van der Waals surface area contributed by atoms with Crippen molar-refractivity contribution in [3.8, 4) is 0 Å². The molecule has 6 atom stereocenters. The van der Waals surface area contributed by atoms with E-state index in [2.05, 4.69) is 63.1 Å². The highest BCUT2D eigenvalue weighted by molar-refractivity contribution is 7.98. The van der Waals surface area contributed by atoms with Crippen LogP contribution in [0.3, 0.4) is 0 Å². The second-order valence-corrected chi connectivity index (χ2v) is 13.5. The molecule has 1 aromatic carbocycles. The Kier molecular flexibility index (Phi) is 7.33. The van der Waals surface area contributed by atoms with Gasteiger partial charge in [-0.25, -0.2) is 4.98 Å². The van der Waals surface area contributed by atoms with Crippen LogP contribution in [-0.4, -0.2) is 65.1 Å². The van der Waals surface area contributed by atoms with Gasteiger partial charge in [0.25, 0.3) is 0 Å². The second kappa shape index (κ2) is 10.2. The minimum atomic E-state index is -0.466. The SMILES string of the molecule is C[C@H](C(=O)N1CCN(C)CC1)[C@H]1CC[C@]2(C)Cc3sc(CSc4ccccc4)nc3[C@H](C)[C@@H]2[C@H]1O. The third-order valence-electron chi connectivity index (χ3n) is 8.92. The van der Waals surface area contributed by atoms with E-state index >= 15 is 0 Å². The quantitative estimate of drug-likeness (QED) is 0.577. The molecule has 5 nitrogen and oxygen atoms in total. The molecule has 1 aromatic heterocycles. The number of thioether (sulfide) groups is 1. The van der Waals surface area contributed by atoms with E-state index in [1.807, 2.05) is 28.0 Å². The summed E-state index contributed by atoms with van der Waals surface area (Å²) in [6.45, 7) is 10.1. The zero-order chi connectivity index (χ0) is 24.7. The summed E-state index contributed by atoms with van der Waals surface area (Å²) in [5, 5.41) is 12.9. The van der Waals surface area contributed by atoms with Crippen molar-refractivity contribution < 1.29 is 9.90 Å². The van der Waals surface area contributed by atoms with Crippen molar-refractivity contribution in [2.75, 3.05) is 33.2 Å². The molecular formula is C28H39N3O2S2. The maximum absolute atomic E-state index is 13.3. The number of likely N-dealkylation sites (N-methyl/N-ethyl adjacent to an activating group) is 1. The van der Waals surface area contributed by atoms with E-state index in [1.165, 1.54) is 20.5 Å². The summed E-state index contributed by atoms with van der Waals surface area (Å²) >= 11 is 3.70. The smallest absolute Gasteiger partial charge is 0.225 e. The molecule has 2 aliphatic carbocycles. The molecule has 35 heavy (non-hydrogen) atoms. The number of carbonyl (C=O) groups excluding carboxylic acids is 1. The number of aliphatic hydroxyl groups excluding tert-OH is 1. The molecule has 2 aromatic rings. The van der Waals surface area contributed by atoms with E-state index < -0.39 is 6.10 Å². The summed E-state index contributed by atoms with van der Waals surface area (Å²) in [7, 11) is 2.11. The summed E-state index contributed by atoms with van der Waals surface area (Å²) < 4.78 is 0. The normalized spacial score (nSPS) is 32.1. The maximum atomic E-state index is 13.3. The van der Waals surface area contributed by atoms with Crippen LogP contribution in [0.5, 0.6) is 0 Å². The Morgan fingerprint density at radius 3 is 2.69 bits per heavy atom. The number of carbonyl (C=O) groups is 1. The molecule has 1 N–H and O–H groups in total. The van der Waals surface area contributed by atoms with Gasteiger partial charge in [0.15, 0.2) is 0 Å². The Bertz CT molecular complexity index is 1040. The fourth-order valence-electron chi connectivity index (χ4n) is 6.82. The van der Waals surface area contributed by atoms with Crippen LogP contribution in [0.2, 0.25) is 0 Å². The first-order chi connectivity index (χ1) is 16.8. The number of thiazole rings is 1. The summed E-state index contributed by atoms with van der Waals surface area (Å²) in [6, 6.07) is 10.5. The van der Waals surface area contributed by atoms with Crippen molar-refractivity contribution in [3.63, 3.8) is 0 Å². The van der Waals surface area contributed by atoms with Crippen LogP contribution < -0.4 is 0 Å². The Hall–Kier alpha value is -1.41. The van der Waals surface area contributed by atoms with Gasteiger partial charge >= 0.3 is 0 Å². The first-order valence-electron chi connectivity index (χ1n) is 13.1. The van der Waals surface area contributed by atoms with E-state index in [1.54, 1.807) is 0 Å². The first kappa shape index (κ1) is 25.2. The molecule has 1 saturated carbocycles. The van der Waals surface area contributed by atoms with E-state index in [0.29, 0.717) is 0 Å². The number of hydrogen-bond donors (Lipinski definition) is 1. The van der Waals surface area contributed by atoms with Crippen molar-refractivity contribution in [1.82, 2.24) is 14.8 Å². The summed E-state index contributed by atoms with van der Waals surface area (Å²) in [5.41, 5.74) is 1.26. The van der Waals surface area contributed by atoms with Crippen molar-refractivity contribution in [3.05, 3.63) is 45.9 Å². The number of aliphatic hydroxyl groups is 1. The molecule has 0 bridgehead atoms. The number of piperazine rings is 1. The predicted molar refractivity (Wildman–Crippen MR) is 144 cm³/mol. The molecule has 3 aliphatic rings. The van der Waals surface area contributed by atoms with E-state index in [-0.39, 0.29) is 35.0 Å². The highest BCUT2D eigenvalue weighted by Crippen LogP contribution is 2.57. The molecule has 2 fully saturated rings. The highest BCUT2D eigenvalue weighted by atomic mass is 32.2. The van der Waals surface area contributed by atoms with Gasteiger partial charge in [-0.1, -0.05) is 39.0 Å². The van der Waals surface area contributed by atoms with Gasteiger partial charge < -0.3 is 14.9 Å². The number of hydrogen-bond acceptors (Lipinski definition) is 6. The lowest BCUT2D eigenvalue weighted by Crippen LogP contribution is -2.55. The van der Waals surface area contributed by atoms with Gasteiger partial charge in [-0.3, -0.25) is 4.79 Å². The summed E-state index contributed by atoms with van der Waals surface area (Å²) in [5.74, 6) is 1.35. The maximum Gasteiger partial charge on any atom is 0.225 e. The van der Waals surface area contributed by atoms with Crippen LogP contribution in [0.25, 0.3) is 0 Å². The van der Waals surface area contributed by atoms with Crippen LogP contribution >= 0.6 is 23.1 Å². The van der Waals surface area contributed by atoms with Crippen LogP contribution in [-0.2, 0) is 17.0 Å².